The zero-order valence-electron chi connectivity index (χ0n) is 16.4. The molecule has 6 heteroatoms. The molecule has 0 aliphatic heterocycles. The summed E-state index contributed by atoms with van der Waals surface area (Å²) >= 11 is 0. The summed E-state index contributed by atoms with van der Waals surface area (Å²) in [7, 11) is 0. The molecule has 27 heavy (non-hydrogen) atoms. The molecule has 3 fully saturated rings. The summed E-state index contributed by atoms with van der Waals surface area (Å²) in [5, 5.41) is 11.7. The van der Waals surface area contributed by atoms with E-state index >= 15 is 0 Å². The van der Waals surface area contributed by atoms with E-state index in [0.717, 1.165) is 30.4 Å². The van der Waals surface area contributed by atoms with Gasteiger partial charge in [0.1, 0.15) is 0 Å². The third kappa shape index (κ3) is 4.19. The lowest BCUT2D eigenvalue weighted by Crippen LogP contribution is -2.50. The van der Waals surface area contributed by atoms with Crippen LogP contribution in [0.1, 0.15) is 71.6 Å². The van der Waals surface area contributed by atoms with Gasteiger partial charge in [-0.25, -0.2) is 0 Å². The summed E-state index contributed by atoms with van der Waals surface area (Å²) in [5.74, 6) is -2.78. The van der Waals surface area contributed by atoms with Crippen LogP contribution in [0.5, 0.6) is 0 Å². The highest BCUT2D eigenvalue weighted by atomic mass is 16.4. The van der Waals surface area contributed by atoms with Crippen LogP contribution < -0.4 is 16.0 Å². The van der Waals surface area contributed by atoms with Gasteiger partial charge in [-0.2, -0.15) is 0 Å². The van der Waals surface area contributed by atoms with Gasteiger partial charge in [0, 0.05) is 18.3 Å². The Kier molecular flexibility index (Phi) is 6.22. The first kappa shape index (κ1) is 19.9. The van der Waals surface area contributed by atoms with Crippen molar-refractivity contribution in [2.45, 2.75) is 71.6 Å². The van der Waals surface area contributed by atoms with Gasteiger partial charge in [-0.3, -0.25) is 20.4 Å². The van der Waals surface area contributed by atoms with Crippen LogP contribution >= 0.6 is 0 Å². The van der Waals surface area contributed by atoms with E-state index in [1.165, 1.54) is 32.1 Å². The Morgan fingerprint density at radius 3 is 2.15 bits per heavy atom. The highest BCUT2D eigenvalue weighted by Gasteiger charge is 2.54. The average Bonchev–Trinajstić information content (AvgIpc) is 3.21. The number of nitrogens with one attached hydrogen (secondary N) is 2. The number of carboxylic acids is 1. The molecule has 0 aromatic rings. The third-order valence-electron chi connectivity index (χ3n) is 6.82. The van der Waals surface area contributed by atoms with Crippen molar-refractivity contribution in [3.8, 4) is 0 Å². The maximum atomic E-state index is 12.7. The molecule has 6 nitrogen and oxygen atoms in total. The van der Waals surface area contributed by atoms with E-state index in [-0.39, 0.29) is 17.7 Å². The molecule has 3 aliphatic carbocycles. The molecule has 2 N–H and O–H groups in total. The van der Waals surface area contributed by atoms with Crippen molar-refractivity contribution in [2.24, 2.45) is 29.6 Å². The maximum absolute atomic E-state index is 12.7. The van der Waals surface area contributed by atoms with Crippen LogP contribution in [0.15, 0.2) is 11.1 Å². The topological polar surface area (TPSA) is 98.3 Å². The number of amides is 2. The molecule has 150 valence electrons. The van der Waals surface area contributed by atoms with Crippen LogP contribution in [0, 0.1) is 29.6 Å². The van der Waals surface area contributed by atoms with Gasteiger partial charge in [-0.1, -0.05) is 43.3 Å². The summed E-state index contributed by atoms with van der Waals surface area (Å²) in [6.45, 7) is 3.95. The predicted molar refractivity (Wildman–Crippen MR) is 98.7 cm³/mol. The normalized spacial score (nSPS) is 30.2. The standard InChI is InChI=1S/C21H32N2O4/c1-12(2)17-14-9-10-15(17)19(21(26)27)18(14)20(25)23-22-16(24)11-8-13-6-4-3-5-7-13/h13-15,18-19H,3-11H2,1-2H3,(H,22,24)(H,23,25)(H,26,27)/p-1/t14-,15+,18-,19+/m1/s1. The molecule has 0 aromatic heterocycles. The minimum Gasteiger partial charge on any atom is -0.550 e. The fourth-order valence-electron chi connectivity index (χ4n) is 5.68. The Labute approximate surface area is 161 Å². The van der Waals surface area contributed by atoms with Crippen molar-refractivity contribution < 1.29 is 19.5 Å². The number of hydrogen-bond acceptors (Lipinski definition) is 4. The number of carbonyl (C=O) groups is 3. The monoisotopic (exact) mass is 375 g/mol. The van der Waals surface area contributed by atoms with Crippen LogP contribution in [0.2, 0.25) is 0 Å². The van der Waals surface area contributed by atoms with Gasteiger partial charge in [0.25, 0.3) is 0 Å². The van der Waals surface area contributed by atoms with Crippen LogP contribution in [-0.2, 0) is 14.4 Å². The van der Waals surface area contributed by atoms with Gasteiger partial charge in [0.15, 0.2) is 0 Å². The molecule has 0 radical (unpaired) electrons. The van der Waals surface area contributed by atoms with Gasteiger partial charge in [0.05, 0.1) is 5.92 Å². The summed E-state index contributed by atoms with van der Waals surface area (Å²) in [5.41, 5.74) is 7.19. The number of hydrazine groups is 1. The largest absolute Gasteiger partial charge is 0.550 e. The second kappa shape index (κ2) is 8.44. The first-order chi connectivity index (χ1) is 12.9. The van der Waals surface area contributed by atoms with Crippen LogP contribution in [0.25, 0.3) is 0 Å². The molecule has 2 bridgehead atoms. The molecule has 0 spiro atoms. The molecule has 3 saturated carbocycles. The quantitative estimate of drug-likeness (QED) is 0.566. The van der Waals surface area contributed by atoms with Crippen molar-refractivity contribution in [3.63, 3.8) is 0 Å². The molecule has 3 rings (SSSR count). The highest BCUT2D eigenvalue weighted by Crippen LogP contribution is 2.56. The Balaban J connectivity index is 1.54. The van der Waals surface area contributed by atoms with Crippen molar-refractivity contribution >= 4 is 17.8 Å². The molecule has 4 atom stereocenters. The first-order valence-corrected chi connectivity index (χ1v) is 10.4. The Bertz CT molecular complexity index is 632. The average molecular weight is 375 g/mol. The number of fused-ring (bicyclic) bond motifs is 2. The molecule has 0 saturated heterocycles. The molecule has 0 aromatic carbocycles. The van der Waals surface area contributed by atoms with E-state index in [2.05, 4.69) is 10.9 Å². The number of aliphatic carboxylic acids is 1. The summed E-state index contributed by atoms with van der Waals surface area (Å²) < 4.78 is 0. The van der Waals surface area contributed by atoms with E-state index < -0.39 is 23.7 Å². The number of allylic oxidation sites excluding steroid dienone is 2. The second-order valence-electron chi connectivity index (χ2n) is 8.70. The zero-order chi connectivity index (χ0) is 19.6. The van der Waals surface area contributed by atoms with E-state index in [1.807, 2.05) is 13.8 Å². The lowest BCUT2D eigenvalue weighted by Gasteiger charge is -2.30. The van der Waals surface area contributed by atoms with Crippen LogP contribution in [0.4, 0.5) is 0 Å². The van der Waals surface area contributed by atoms with Gasteiger partial charge in [-0.15, -0.1) is 0 Å². The van der Waals surface area contributed by atoms with Gasteiger partial charge >= 0.3 is 0 Å². The first-order valence-electron chi connectivity index (χ1n) is 10.4. The predicted octanol–water partition coefficient (Wildman–Crippen LogP) is 1.85. The van der Waals surface area contributed by atoms with Crippen molar-refractivity contribution in [3.05, 3.63) is 11.1 Å². The van der Waals surface area contributed by atoms with Crippen LogP contribution in [0.3, 0.4) is 0 Å². The maximum Gasteiger partial charge on any atom is 0.242 e. The van der Waals surface area contributed by atoms with Crippen LogP contribution in [-0.4, -0.2) is 17.8 Å². The van der Waals surface area contributed by atoms with E-state index in [0.29, 0.717) is 12.3 Å². The minimum atomic E-state index is -1.16. The molecular formula is C21H31N2O4-. The van der Waals surface area contributed by atoms with E-state index in [1.54, 1.807) is 0 Å². The lowest BCUT2D eigenvalue weighted by atomic mass is 9.79. The molecule has 2 amide bonds. The highest BCUT2D eigenvalue weighted by molar-refractivity contribution is 5.88. The Hall–Kier alpha value is -1.85. The van der Waals surface area contributed by atoms with Crippen molar-refractivity contribution in [2.75, 3.05) is 0 Å². The summed E-state index contributed by atoms with van der Waals surface area (Å²) in [6.07, 6.45) is 8.99. The SMILES string of the molecule is CC(C)=C1[C@H]2CC[C@@H]1[C@H](C(=O)[O-])[C@@H]2C(=O)NNC(=O)CCC1CCCCC1. The van der Waals surface area contributed by atoms with Crippen molar-refractivity contribution in [1.82, 2.24) is 10.9 Å². The Morgan fingerprint density at radius 1 is 0.926 bits per heavy atom. The minimum absolute atomic E-state index is 0.0537. The second-order valence-corrected chi connectivity index (χ2v) is 8.70. The van der Waals surface area contributed by atoms with Crippen molar-refractivity contribution in [1.29, 1.82) is 0 Å². The Morgan fingerprint density at radius 2 is 1.56 bits per heavy atom. The fourth-order valence-corrected chi connectivity index (χ4v) is 5.68. The smallest absolute Gasteiger partial charge is 0.242 e. The molecular weight excluding hydrogens is 344 g/mol. The molecule has 0 unspecified atom stereocenters. The third-order valence-corrected chi connectivity index (χ3v) is 6.82. The number of hydrogen-bond donors (Lipinski definition) is 2. The van der Waals surface area contributed by atoms with E-state index in [9.17, 15) is 19.5 Å². The lowest BCUT2D eigenvalue weighted by molar-refractivity contribution is -0.314. The summed E-state index contributed by atoms with van der Waals surface area (Å²) in [6, 6.07) is 0. The molecule has 3 aliphatic rings. The van der Waals surface area contributed by atoms with Gasteiger partial charge < -0.3 is 9.90 Å². The van der Waals surface area contributed by atoms with E-state index in [4.69, 9.17) is 0 Å². The molecule has 0 heterocycles. The number of carboxylic acid groups (broad SMARTS) is 1. The van der Waals surface area contributed by atoms with Gasteiger partial charge in [0.2, 0.25) is 11.8 Å². The number of carbonyl (C=O) groups excluding carboxylic acids is 3. The fraction of sp³-hybridized carbons (Fsp3) is 0.762. The van der Waals surface area contributed by atoms with Gasteiger partial charge in [-0.05, 0) is 50.9 Å². The number of rotatable bonds is 5. The zero-order valence-corrected chi connectivity index (χ0v) is 16.4. The summed E-state index contributed by atoms with van der Waals surface area (Å²) in [4.78, 5) is 36.5.